The van der Waals surface area contributed by atoms with Crippen LogP contribution in [0.15, 0.2) is 83.2 Å². The third-order valence-corrected chi connectivity index (χ3v) is 4.38. The summed E-state index contributed by atoms with van der Waals surface area (Å²) in [5.74, 6) is 0.379. The zero-order chi connectivity index (χ0) is 20.8. The molecule has 0 saturated heterocycles. The molecular weight excluding hydrogens is 382 g/mol. The van der Waals surface area contributed by atoms with Gasteiger partial charge in [-0.3, -0.25) is 14.0 Å². The van der Waals surface area contributed by atoms with Crippen molar-refractivity contribution in [1.82, 2.24) is 25.2 Å². The fourth-order valence-corrected chi connectivity index (χ4v) is 2.90. The van der Waals surface area contributed by atoms with Gasteiger partial charge in [-0.2, -0.15) is 0 Å². The van der Waals surface area contributed by atoms with Gasteiger partial charge in [0.15, 0.2) is 5.65 Å². The molecule has 0 unspecified atom stereocenters. The van der Waals surface area contributed by atoms with E-state index in [1.165, 1.54) is 12.3 Å². The number of amides is 2. The standard InChI is InChI=1S/C22H19N5O3/c28-21(16-7-2-1-3-8-16)24-18(15-17-9-6-14-30-17)22(29)23-12-11-20-26-25-19-10-4-5-13-27(19)20/h1-10,13-15H,11-12H2,(H,23,29)(H,24,28). The van der Waals surface area contributed by atoms with Crippen molar-refractivity contribution in [2.24, 2.45) is 0 Å². The van der Waals surface area contributed by atoms with Gasteiger partial charge in [0, 0.05) is 30.8 Å². The molecule has 0 saturated carbocycles. The topological polar surface area (TPSA) is 102 Å². The molecule has 2 amide bonds. The zero-order valence-corrected chi connectivity index (χ0v) is 16.0. The highest BCUT2D eigenvalue weighted by Crippen LogP contribution is 2.08. The van der Waals surface area contributed by atoms with E-state index in [-0.39, 0.29) is 11.6 Å². The summed E-state index contributed by atoms with van der Waals surface area (Å²) in [4.78, 5) is 25.3. The maximum atomic E-state index is 12.7. The van der Waals surface area contributed by atoms with E-state index in [1.54, 1.807) is 36.4 Å². The number of carbonyl (C=O) groups excluding carboxylic acids is 2. The van der Waals surface area contributed by atoms with Crippen LogP contribution in [0.1, 0.15) is 21.9 Å². The summed E-state index contributed by atoms with van der Waals surface area (Å²) in [6.07, 6.45) is 5.34. The first kappa shape index (κ1) is 19.1. The molecule has 0 aliphatic rings. The number of nitrogens with one attached hydrogen (secondary N) is 2. The lowest BCUT2D eigenvalue weighted by molar-refractivity contribution is -0.117. The van der Waals surface area contributed by atoms with E-state index in [4.69, 9.17) is 4.42 Å². The molecule has 0 bridgehead atoms. The first-order valence-electron chi connectivity index (χ1n) is 9.39. The Morgan fingerprint density at radius 2 is 1.83 bits per heavy atom. The Morgan fingerprint density at radius 3 is 2.63 bits per heavy atom. The average Bonchev–Trinajstić information content (AvgIpc) is 3.44. The van der Waals surface area contributed by atoms with Crippen molar-refractivity contribution in [2.75, 3.05) is 6.54 Å². The van der Waals surface area contributed by atoms with Gasteiger partial charge in [-0.15, -0.1) is 10.2 Å². The fraction of sp³-hybridized carbons (Fsp3) is 0.0909. The van der Waals surface area contributed by atoms with E-state index in [1.807, 2.05) is 34.9 Å². The summed E-state index contributed by atoms with van der Waals surface area (Å²) in [5.41, 5.74) is 1.28. The summed E-state index contributed by atoms with van der Waals surface area (Å²) in [5, 5.41) is 13.7. The third-order valence-electron chi connectivity index (χ3n) is 4.38. The van der Waals surface area contributed by atoms with Crippen LogP contribution in [-0.2, 0) is 11.2 Å². The monoisotopic (exact) mass is 401 g/mol. The van der Waals surface area contributed by atoms with Gasteiger partial charge in [-0.1, -0.05) is 24.3 Å². The van der Waals surface area contributed by atoms with Gasteiger partial charge in [0.25, 0.3) is 11.8 Å². The van der Waals surface area contributed by atoms with Crippen LogP contribution < -0.4 is 10.6 Å². The van der Waals surface area contributed by atoms with Gasteiger partial charge in [-0.05, 0) is 36.4 Å². The molecular formula is C22H19N5O3. The smallest absolute Gasteiger partial charge is 0.267 e. The summed E-state index contributed by atoms with van der Waals surface area (Å²) >= 11 is 0. The lowest BCUT2D eigenvalue weighted by Crippen LogP contribution is -2.35. The van der Waals surface area contributed by atoms with Crippen molar-refractivity contribution in [3.8, 4) is 0 Å². The second kappa shape index (κ2) is 8.87. The van der Waals surface area contributed by atoms with Gasteiger partial charge < -0.3 is 15.1 Å². The number of furan rings is 1. The van der Waals surface area contributed by atoms with Gasteiger partial charge in [0.1, 0.15) is 17.3 Å². The minimum absolute atomic E-state index is 0.0879. The van der Waals surface area contributed by atoms with Crippen LogP contribution in [-0.4, -0.2) is 33.0 Å². The predicted molar refractivity (Wildman–Crippen MR) is 110 cm³/mol. The molecule has 8 heteroatoms. The highest BCUT2D eigenvalue weighted by molar-refractivity contribution is 6.05. The highest BCUT2D eigenvalue weighted by atomic mass is 16.3. The SMILES string of the molecule is O=C(NCCc1nnc2ccccn12)C(=Cc1ccco1)NC(=O)c1ccccc1. The number of rotatable bonds is 7. The van der Waals surface area contributed by atoms with E-state index in [0.29, 0.717) is 24.3 Å². The number of hydrogen-bond donors (Lipinski definition) is 2. The predicted octanol–water partition coefficient (Wildman–Crippen LogP) is 2.45. The molecule has 30 heavy (non-hydrogen) atoms. The van der Waals surface area contributed by atoms with Crippen LogP contribution in [0, 0.1) is 0 Å². The maximum Gasteiger partial charge on any atom is 0.267 e. The molecule has 0 aliphatic carbocycles. The van der Waals surface area contributed by atoms with Gasteiger partial charge in [0.05, 0.1) is 6.26 Å². The molecule has 0 aliphatic heterocycles. The van der Waals surface area contributed by atoms with E-state index in [2.05, 4.69) is 20.8 Å². The van der Waals surface area contributed by atoms with E-state index in [9.17, 15) is 9.59 Å². The minimum Gasteiger partial charge on any atom is -0.465 e. The van der Waals surface area contributed by atoms with Crippen molar-refractivity contribution >= 4 is 23.5 Å². The number of benzene rings is 1. The van der Waals surface area contributed by atoms with Crippen LogP contribution in [0.4, 0.5) is 0 Å². The first-order chi connectivity index (χ1) is 14.7. The number of fused-ring (bicyclic) bond motifs is 1. The molecule has 4 aromatic rings. The average molecular weight is 401 g/mol. The van der Waals surface area contributed by atoms with Crippen molar-refractivity contribution in [3.05, 3.63) is 96.0 Å². The van der Waals surface area contributed by atoms with Crippen LogP contribution >= 0.6 is 0 Å². The van der Waals surface area contributed by atoms with Crippen molar-refractivity contribution in [1.29, 1.82) is 0 Å². The lowest BCUT2D eigenvalue weighted by Gasteiger charge is -2.10. The van der Waals surface area contributed by atoms with Crippen molar-refractivity contribution < 1.29 is 14.0 Å². The summed E-state index contributed by atoms with van der Waals surface area (Å²) in [6.45, 7) is 0.325. The summed E-state index contributed by atoms with van der Waals surface area (Å²) < 4.78 is 7.15. The Morgan fingerprint density at radius 1 is 1.00 bits per heavy atom. The summed E-state index contributed by atoms with van der Waals surface area (Å²) in [7, 11) is 0. The normalized spacial score (nSPS) is 11.4. The van der Waals surface area contributed by atoms with Crippen LogP contribution in [0.2, 0.25) is 0 Å². The molecule has 150 valence electrons. The van der Waals surface area contributed by atoms with Gasteiger partial charge in [0.2, 0.25) is 0 Å². The molecule has 2 N–H and O–H groups in total. The lowest BCUT2D eigenvalue weighted by atomic mass is 10.2. The van der Waals surface area contributed by atoms with E-state index >= 15 is 0 Å². The Labute approximate surface area is 172 Å². The molecule has 0 spiro atoms. The highest BCUT2D eigenvalue weighted by Gasteiger charge is 2.15. The number of aromatic nitrogens is 3. The molecule has 8 nitrogen and oxygen atoms in total. The molecule has 0 fully saturated rings. The van der Waals surface area contributed by atoms with E-state index < -0.39 is 5.91 Å². The van der Waals surface area contributed by atoms with Gasteiger partial charge in [-0.25, -0.2) is 0 Å². The maximum absolute atomic E-state index is 12.7. The number of carbonyl (C=O) groups is 2. The Balaban J connectivity index is 1.45. The fourth-order valence-electron chi connectivity index (χ4n) is 2.90. The Bertz CT molecular complexity index is 1180. The van der Waals surface area contributed by atoms with Gasteiger partial charge >= 0.3 is 0 Å². The second-order valence-electron chi connectivity index (χ2n) is 6.44. The molecule has 3 heterocycles. The molecule has 4 rings (SSSR count). The Kier molecular flexibility index (Phi) is 5.66. The third kappa shape index (κ3) is 4.44. The van der Waals surface area contributed by atoms with Crippen LogP contribution in [0.3, 0.4) is 0 Å². The second-order valence-corrected chi connectivity index (χ2v) is 6.44. The van der Waals surface area contributed by atoms with Crippen molar-refractivity contribution in [2.45, 2.75) is 6.42 Å². The van der Waals surface area contributed by atoms with E-state index in [0.717, 1.165) is 11.5 Å². The zero-order valence-electron chi connectivity index (χ0n) is 16.0. The quantitative estimate of drug-likeness (QED) is 0.463. The number of pyridine rings is 1. The molecule has 0 atom stereocenters. The molecule has 3 aromatic heterocycles. The van der Waals surface area contributed by atoms with Crippen LogP contribution in [0.5, 0.6) is 0 Å². The largest absolute Gasteiger partial charge is 0.465 e. The summed E-state index contributed by atoms with van der Waals surface area (Å²) in [6, 6.07) is 17.7. The van der Waals surface area contributed by atoms with Crippen LogP contribution in [0.25, 0.3) is 11.7 Å². The number of hydrogen-bond acceptors (Lipinski definition) is 5. The first-order valence-corrected chi connectivity index (χ1v) is 9.39. The Hall–Kier alpha value is -4.20. The molecule has 1 aromatic carbocycles. The minimum atomic E-state index is -0.426. The molecule has 0 radical (unpaired) electrons. The van der Waals surface area contributed by atoms with Crippen molar-refractivity contribution in [3.63, 3.8) is 0 Å². The number of nitrogens with zero attached hydrogens (tertiary/aromatic N) is 3.